The number of hydrogen-bond acceptors (Lipinski definition) is 2. The first-order chi connectivity index (χ1) is 7.69. The molecule has 2 atom stereocenters. The van der Waals surface area contributed by atoms with Crippen molar-refractivity contribution in [2.75, 3.05) is 19.6 Å². The third-order valence-electron chi connectivity index (χ3n) is 4.67. The van der Waals surface area contributed by atoms with Crippen LogP contribution in [-0.2, 0) is 0 Å². The van der Waals surface area contributed by atoms with Gasteiger partial charge in [0.15, 0.2) is 0 Å². The number of fused-ring (bicyclic) bond motifs is 1. The highest BCUT2D eigenvalue weighted by molar-refractivity contribution is 4.99. The Kier molecular flexibility index (Phi) is 3.33. The van der Waals surface area contributed by atoms with Crippen LogP contribution in [0.3, 0.4) is 0 Å². The summed E-state index contributed by atoms with van der Waals surface area (Å²) in [5.74, 6) is 0.952. The van der Waals surface area contributed by atoms with Gasteiger partial charge in [-0.05, 0) is 73.4 Å². The zero-order valence-electron chi connectivity index (χ0n) is 12.6. The standard InChI is InChI=1S/C15H30N2/c1-14(2,3)16-9-7-12-8-10-17(13(12)11-16)15(4,5)6/h12-13H,7-11H2,1-6H3. The Balaban J connectivity index is 2.10. The summed E-state index contributed by atoms with van der Waals surface area (Å²) in [6.07, 6.45) is 2.81. The van der Waals surface area contributed by atoms with E-state index in [1.807, 2.05) is 0 Å². The van der Waals surface area contributed by atoms with Gasteiger partial charge in [0, 0.05) is 23.7 Å². The van der Waals surface area contributed by atoms with E-state index in [2.05, 4.69) is 51.3 Å². The summed E-state index contributed by atoms with van der Waals surface area (Å²) >= 11 is 0. The summed E-state index contributed by atoms with van der Waals surface area (Å²) in [5.41, 5.74) is 0.664. The lowest BCUT2D eigenvalue weighted by Crippen LogP contribution is -2.57. The highest BCUT2D eigenvalue weighted by Gasteiger charge is 2.43. The quantitative estimate of drug-likeness (QED) is 0.640. The molecule has 2 saturated heterocycles. The Bertz CT molecular complexity index is 272. The van der Waals surface area contributed by atoms with Crippen molar-refractivity contribution in [2.24, 2.45) is 5.92 Å². The fourth-order valence-corrected chi connectivity index (χ4v) is 3.58. The van der Waals surface area contributed by atoms with Crippen molar-refractivity contribution in [3.05, 3.63) is 0 Å². The van der Waals surface area contributed by atoms with E-state index in [-0.39, 0.29) is 0 Å². The predicted molar refractivity (Wildman–Crippen MR) is 74.3 cm³/mol. The summed E-state index contributed by atoms with van der Waals surface area (Å²) in [6.45, 7) is 18.0. The summed E-state index contributed by atoms with van der Waals surface area (Å²) in [5, 5.41) is 0. The van der Waals surface area contributed by atoms with Crippen LogP contribution in [-0.4, -0.2) is 46.6 Å². The van der Waals surface area contributed by atoms with Crippen molar-refractivity contribution >= 4 is 0 Å². The zero-order valence-corrected chi connectivity index (χ0v) is 12.6. The molecule has 0 radical (unpaired) electrons. The van der Waals surface area contributed by atoms with Crippen LogP contribution in [0.5, 0.6) is 0 Å². The largest absolute Gasteiger partial charge is 0.297 e. The molecular formula is C15H30N2. The average molecular weight is 238 g/mol. The van der Waals surface area contributed by atoms with E-state index in [0.29, 0.717) is 11.1 Å². The molecule has 0 saturated carbocycles. The second-order valence-corrected chi connectivity index (χ2v) is 7.89. The van der Waals surface area contributed by atoms with Gasteiger partial charge in [0.25, 0.3) is 0 Å². The van der Waals surface area contributed by atoms with Crippen LogP contribution in [0.4, 0.5) is 0 Å². The Hall–Kier alpha value is -0.0800. The molecule has 0 amide bonds. The zero-order chi connectivity index (χ0) is 12.8. The molecule has 0 aromatic rings. The minimum absolute atomic E-state index is 0.330. The van der Waals surface area contributed by atoms with Crippen molar-refractivity contribution < 1.29 is 0 Å². The fraction of sp³-hybridized carbons (Fsp3) is 1.00. The van der Waals surface area contributed by atoms with Crippen LogP contribution in [0, 0.1) is 5.92 Å². The second kappa shape index (κ2) is 4.24. The summed E-state index contributed by atoms with van der Waals surface area (Å²) in [7, 11) is 0. The van der Waals surface area contributed by atoms with Crippen molar-refractivity contribution in [1.82, 2.24) is 9.80 Å². The molecule has 2 fully saturated rings. The Morgan fingerprint density at radius 2 is 1.41 bits per heavy atom. The maximum atomic E-state index is 2.75. The van der Waals surface area contributed by atoms with Crippen LogP contribution in [0.2, 0.25) is 0 Å². The van der Waals surface area contributed by atoms with Crippen molar-refractivity contribution in [2.45, 2.75) is 71.5 Å². The number of likely N-dealkylation sites (tertiary alicyclic amines) is 2. The van der Waals surface area contributed by atoms with E-state index >= 15 is 0 Å². The van der Waals surface area contributed by atoms with Crippen LogP contribution >= 0.6 is 0 Å². The van der Waals surface area contributed by atoms with Gasteiger partial charge in [0.2, 0.25) is 0 Å². The van der Waals surface area contributed by atoms with Gasteiger partial charge < -0.3 is 0 Å². The monoisotopic (exact) mass is 238 g/mol. The van der Waals surface area contributed by atoms with Gasteiger partial charge in [-0.1, -0.05) is 0 Å². The SMILES string of the molecule is CC(C)(C)N1CCC2CCN(C(C)(C)C)C2C1. The number of hydrogen-bond donors (Lipinski definition) is 0. The maximum absolute atomic E-state index is 2.75. The van der Waals surface area contributed by atoms with E-state index < -0.39 is 0 Å². The highest BCUT2D eigenvalue weighted by atomic mass is 15.3. The van der Waals surface area contributed by atoms with Crippen molar-refractivity contribution in [3.63, 3.8) is 0 Å². The lowest BCUT2D eigenvalue weighted by atomic mass is 9.88. The molecule has 0 aromatic heterocycles. The van der Waals surface area contributed by atoms with Crippen LogP contribution in [0.15, 0.2) is 0 Å². The molecule has 0 bridgehead atoms. The number of piperidine rings is 1. The molecule has 0 aromatic carbocycles. The lowest BCUT2D eigenvalue weighted by molar-refractivity contribution is 0.0139. The molecule has 2 heterocycles. The molecule has 2 rings (SSSR count). The second-order valence-electron chi connectivity index (χ2n) is 7.89. The number of rotatable bonds is 0. The van der Waals surface area contributed by atoms with E-state index in [1.165, 1.54) is 32.5 Å². The molecule has 2 aliphatic heterocycles. The third-order valence-corrected chi connectivity index (χ3v) is 4.67. The van der Waals surface area contributed by atoms with E-state index in [0.717, 1.165) is 12.0 Å². The summed E-state index contributed by atoms with van der Waals surface area (Å²) in [6, 6.07) is 0.794. The third kappa shape index (κ3) is 2.68. The predicted octanol–water partition coefficient (Wildman–Crippen LogP) is 2.98. The Morgan fingerprint density at radius 1 is 0.824 bits per heavy atom. The number of nitrogens with zero attached hydrogens (tertiary/aromatic N) is 2. The summed E-state index contributed by atoms with van der Waals surface area (Å²) < 4.78 is 0. The highest BCUT2D eigenvalue weighted by Crippen LogP contribution is 2.37. The van der Waals surface area contributed by atoms with Gasteiger partial charge in [0.05, 0.1) is 0 Å². The smallest absolute Gasteiger partial charge is 0.0257 e. The molecule has 2 heteroatoms. The minimum Gasteiger partial charge on any atom is -0.297 e. The van der Waals surface area contributed by atoms with Gasteiger partial charge in [-0.3, -0.25) is 9.80 Å². The maximum Gasteiger partial charge on any atom is 0.0257 e. The van der Waals surface area contributed by atoms with Crippen LogP contribution in [0.25, 0.3) is 0 Å². The van der Waals surface area contributed by atoms with E-state index in [9.17, 15) is 0 Å². The molecule has 100 valence electrons. The topological polar surface area (TPSA) is 6.48 Å². The van der Waals surface area contributed by atoms with Crippen LogP contribution < -0.4 is 0 Å². The summed E-state index contributed by atoms with van der Waals surface area (Å²) in [4.78, 5) is 5.42. The van der Waals surface area contributed by atoms with Crippen LogP contribution in [0.1, 0.15) is 54.4 Å². The fourth-order valence-electron chi connectivity index (χ4n) is 3.58. The molecule has 0 aliphatic carbocycles. The molecule has 2 aliphatic rings. The van der Waals surface area contributed by atoms with Gasteiger partial charge in [-0.2, -0.15) is 0 Å². The van der Waals surface area contributed by atoms with E-state index in [1.54, 1.807) is 0 Å². The van der Waals surface area contributed by atoms with Gasteiger partial charge in [-0.15, -0.1) is 0 Å². The molecule has 2 nitrogen and oxygen atoms in total. The first-order valence-corrected chi connectivity index (χ1v) is 7.21. The molecule has 2 unspecified atom stereocenters. The van der Waals surface area contributed by atoms with E-state index in [4.69, 9.17) is 0 Å². The first-order valence-electron chi connectivity index (χ1n) is 7.21. The molecular weight excluding hydrogens is 208 g/mol. The van der Waals surface area contributed by atoms with Crippen molar-refractivity contribution in [3.8, 4) is 0 Å². The molecule has 0 N–H and O–H groups in total. The molecule has 17 heavy (non-hydrogen) atoms. The first kappa shape index (κ1) is 13.4. The minimum atomic E-state index is 0.330. The van der Waals surface area contributed by atoms with Gasteiger partial charge in [0.1, 0.15) is 0 Å². The molecule has 0 spiro atoms. The Labute approximate surface area is 107 Å². The Morgan fingerprint density at radius 3 is 1.94 bits per heavy atom. The van der Waals surface area contributed by atoms with Crippen molar-refractivity contribution in [1.29, 1.82) is 0 Å². The van der Waals surface area contributed by atoms with Gasteiger partial charge in [-0.25, -0.2) is 0 Å². The average Bonchev–Trinajstić information content (AvgIpc) is 2.57. The normalized spacial score (nSPS) is 32.8. The lowest BCUT2D eigenvalue weighted by Gasteiger charge is -2.47. The van der Waals surface area contributed by atoms with Gasteiger partial charge >= 0.3 is 0 Å².